The van der Waals surface area contributed by atoms with E-state index in [1.165, 1.54) is 103 Å². The molecule has 0 spiro atoms. The summed E-state index contributed by atoms with van der Waals surface area (Å²) in [4.78, 5) is 38.2. The van der Waals surface area contributed by atoms with Gasteiger partial charge < -0.3 is 14.2 Å². The van der Waals surface area contributed by atoms with Gasteiger partial charge >= 0.3 is 17.9 Å². The normalized spacial score (nSPS) is 13.0. The molecule has 73 heavy (non-hydrogen) atoms. The van der Waals surface area contributed by atoms with Gasteiger partial charge in [0.15, 0.2) is 6.10 Å². The number of hydrogen-bond donors (Lipinski definition) is 0. The molecular formula is C67H110O6. The van der Waals surface area contributed by atoms with Crippen molar-refractivity contribution in [1.82, 2.24) is 0 Å². The van der Waals surface area contributed by atoms with Crippen LogP contribution in [0.1, 0.15) is 265 Å². The Kier molecular flexibility index (Phi) is 56.9. The van der Waals surface area contributed by atoms with Gasteiger partial charge in [-0.2, -0.15) is 0 Å². The minimum absolute atomic E-state index is 0.112. The Hall–Kier alpha value is -4.19. The predicted octanol–water partition coefficient (Wildman–Crippen LogP) is 20.4. The van der Waals surface area contributed by atoms with Crippen LogP contribution in [0, 0.1) is 0 Å². The molecule has 0 aliphatic heterocycles. The van der Waals surface area contributed by atoms with E-state index < -0.39 is 6.10 Å². The summed E-state index contributed by atoms with van der Waals surface area (Å²) in [6, 6.07) is 0. The molecule has 0 saturated heterocycles. The highest BCUT2D eigenvalue weighted by atomic mass is 16.6. The van der Waals surface area contributed by atoms with Gasteiger partial charge in [-0.3, -0.25) is 14.4 Å². The molecule has 6 heteroatoms. The fourth-order valence-corrected chi connectivity index (χ4v) is 8.03. The molecule has 0 bridgehead atoms. The zero-order valence-corrected chi connectivity index (χ0v) is 47.4. The SMILES string of the molecule is CC/C=C\C/C=C\C/C=C\C/C=C\C/C=C\CCCCCC(=O)OC[C@H](COC(=O)CCCCCCCCCCCCCCCCCCCCC)OC(=O)CCC/C=C\C/C=C\C/C=C\C/C=C\C/C=C\CC. The van der Waals surface area contributed by atoms with Crippen LogP contribution in [0.5, 0.6) is 0 Å². The van der Waals surface area contributed by atoms with E-state index in [0.29, 0.717) is 19.3 Å². The van der Waals surface area contributed by atoms with Crippen LogP contribution in [-0.4, -0.2) is 37.2 Å². The second kappa shape index (κ2) is 60.4. The van der Waals surface area contributed by atoms with E-state index in [4.69, 9.17) is 14.2 Å². The molecule has 0 aliphatic carbocycles. The molecule has 0 radical (unpaired) electrons. The van der Waals surface area contributed by atoms with Crippen molar-refractivity contribution in [3.63, 3.8) is 0 Å². The Morgan fingerprint density at radius 3 is 0.877 bits per heavy atom. The van der Waals surface area contributed by atoms with E-state index in [0.717, 1.165) is 116 Å². The molecule has 0 amide bonds. The fraction of sp³-hybridized carbons (Fsp3) is 0.657. The lowest BCUT2D eigenvalue weighted by Crippen LogP contribution is -2.30. The van der Waals surface area contributed by atoms with Crippen LogP contribution in [0.4, 0.5) is 0 Å². The van der Waals surface area contributed by atoms with Crippen LogP contribution in [0.2, 0.25) is 0 Å². The summed E-state index contributed by atoms with van der Waals surface area (Å²) in [5, 5.41) is 0. The molecule has 0 saturated carbocycles. The lowest BCUT2D eigenvalue weighted by atomic mass is 10.0. The van der Waals surface area contributed by atoms with Gasteiger partial charge in [-0.25, -0.2) is 0 Å². The van der Waals surface area contributed by atoms with Gasteiger partial charge in [0.05, 0.1) is 0 Å². The maximum absolute atomic E-state index is 12.9. The highest BCUT2D eigenvalue weighted by molar-refractivity contribution is 5.71. The Bertz CT molecular complexity index is 1540. The molecule has 1 atom stereocenters. The van der Waals surface area contributed by atoms with Crippen molar-refractivity contribution in [3.05, 3.63) is 122 Å². The van der Waals surface area contributed by atoms with Crippen molar-refractivity contribution >= 4 is 17.9 Å². The summed E-state index contributed by atoms with van der Waals surface area (Å²) in [6.07, 6.45) is 83.4. The summed E-state index contributed by atoms with van der Waals surface area (Å²) >= 11 is 0. The highest BCUT2D eigenvalue weighted by Gasteiger charge is 2.19. The Morgan fingerprint density at radius 1 is 0.288 bits per heavy atom. The van der Waals surface area contributed by atoms with E-state index in [-0.39, 0.29) is 37.5 Å². The molecule has 0 unspecified atom stereocenters. The first-order chi connectivity index (χ1) is 36.0. The first-order valence-electron chi connectivity index (χ1n) is 30.0. The summed E-state index contributed by atoms with van der Waals surface area (Å²) in [5.41, 5.74) is 0. The molecule has 0 aromatic rings. The lowest BCUT2D eigenvalue weighted by molar-refractivity contribution is -0.167. The monoisotopic (exact) mass is 1010 g/mol. The minimum Gasteiger partial charge on any atom is -0.462 e. The number of hydrogen-bond acceptors (Lipinski definition) is 6. The van der Waals surface area contributed by atoms with Crippen LogP contribution >= 0.6 is 0 Å². The maximum Gasteiger partial charge on any atom is 0.306 e. The molecule has 0 aliphatic rings. The topological polar surface area (TPSA) is 78.9 Å². The summed E-state index contributed by atoms with van der Waals surface area (Å²) < 4.78 is 16.8. The number of esters is 3. The Balaban J connectivity index is 4.51. The molecule has 0 fully saturated rings. The second-order valence-electron chi connectivity index (χ2n) is 19.5. The number of unbranched alkanes of at least 4 members (excludes halogenated alkanes) is 22. The van der Waals surface area contributed by atoms with Crippen LogP contribution in [0.25, 0.3) is 0 Å². The van der Waals surface area contributed by atoms with E-state index in [1.807, 2.05) is 0 Å². The number of allylic oxidation sites excluding steroid dienone is 20. The van der Waals surface area contributed by atoms with Gasteiger partial charge in [0.2, 0.25) is 0 Å². The standard InChI is InChI=1S/C67H110O6/c1-4-7-10-13-16-19-22-25-28-31-33-36-38-41-44-47-50-53-56-59-65(68)71-62-64(73-67(70)61-58-55-52-49-46-43-40-35-30-27-24-21-18-15-12-9-6-3)63-72-66(69)60-57-54-51-48-45-42-39-37-34-32-29-26-23-20-17-14-11-8-5-2/h7,9-10,12,16,18-19,21,25,27-28,30,33,36,40-41,43-44,49,52,64H,4-6,8,11,13-15,17,20,22-24,26,29,31-32,34-35,37-39,42,45-48,50-51,53-63H2,1-3H3/b10-7-,12-9-,19-16-,21-18-,28-25-,30-27-,36-33-,43-40-,44-41-,52-49-/t64-/m1/s1. The predicted molar refractivity (Wildman–Crippen MR) is 316 cm³/mol. The quantitative estimate of drug-likeness (QED) is 0.0261. The average Bonchev–Trinajstić information content (AvgIpc) is 3.39. The van der Waals surface area contributed by atoms with E-state index in [9.17, 15) is 14.4 Å². The highest BCUT2D eigenvalue weighted by Crippen LogP contribution is 2.16. The third-order valence-corrected chi connectivity index (χ3v) is 12.5. The first-order valence-corrected chi connectivity index (χ1v) is 30.0. The third kappa shape index (κ3) is 58.6. The molecule has 6 nitrogen and oxygen atoms in total. The third-order valence-electron chi connectivity index (χ3n) is 12.5. The van der Waals surface area contributed by atoms with Crippen LogP contribution < -0.4 is 0 Å². The van der Waals surface area contributed by atoms with Gasteiger partial charge in [-0.05, 0) is 103 Å². The van der Waals surface area contributed by atoms with Crippen LogP contribution in [0.3, 0.4) is 0 Å². The number of carbonyl (C=O) groups is 3. The van der Waals surface area contributed by atoms with Gasteiger partial charge in [-0.1, -0.05) is 264 Å². The van der Waals surface area contributed by atoms with Gasteiger partial charge in [0.25, 0.3) is 0 Å². The molecule has 0 heterocycles. The van der Waals surface area contributed by atoms with Gasteiger partial charge in [0.1, 0.15) is 13.2 Å². The minimum atomic E-state index is -0.825. The van der Waals surface area contributed by atoms with E-state index in [1.54, 1.807) is 0 Å². The zero-order valence-electron chi connectivity index (χ0n) is 47.4. The fourth-order valence-electron chi connectivity index (χ4n) is 8.03. The van der Waals surface area contributed by atoms with Crippen molar-refractivity contribution in [1.29, 1.82) is 0 Å². The molecule has 0 N–H and O–H groups in total. The molecule has 0 aromatic carbocycles. The second-order valence-corrected chi connectivity index (χ2v) is 19.5. The molecule has 0 aromatic heterocycles. The van der Waals surface area contributed by atoms with Crippen molar-refractivity contribution in [3.8, 4) is 0 Å². The summed E-state index contributed by atoms with van der Waals surface area (Å²) in [6.45, 7) is 6.35. The summed E-state index contributed by atoms with van der Waals surface area (Å²) in [7, 11) is 0. The number of ether oxygens (including phenoxy) is 3. The Labute approximate surface area is 450 Å². The van der Waals surface area contributed by atoms with Crippen LogP contribution in [-0.2, 0) is 28.6 Å². The Morgan fingerprint density at radius 2 is 0.548 bits per heavy atom. The smallest absolute Gasteiger partial charge is 0.306 e. The van der Waals surface area contributed by atoms with Crippen molar-refractivity contribution in [2.24, 2.45) is 0 Å². The van der Waals surface area contributed by atoms with Crippen molar-refractivity contribution in [2.75, 3.05) is 13.2 Å². The van der Waals surface area contributed by atoms with E-state index >= 15 is 0 Å². The lowest BCUT2D eigenvalue weighted by Gasteiger charge is -2.18. The van der Waals surface area contributed by atoms with Crippen LogP contribution in [0.15, 0.2) is 122 Å². The average molecular weight is 1010 g/mol. The van der Waals surface area contributed by atoms with Crippen molar-refractivity contribution < 1.29 is 28.6 Å². The maximum atomic E-state index is 12.9. The van der Waals surface area contributed by atoms with E-state index in [2.05, 4.69) is 142 Å². The zero-order chi connectivity index (χ0) is 52.9. The molecular weight excluding hydrogens is 901 g/mol. The number of carbonyl (C=O) groups excluding carboxylic acids is 3. The largest absolute Gasteiger partial charge is 0.462 e. The van der Waals surface area contributed by atoms with Gasteiger partial charge in [-0.15, -0.1) is 0 Å². The first kappa shape index (κ1) is 68.8. The van der Waals surface area contributed by atoms with Gasteiger partial charge in [0, 0.05) is 19.3 Å². The summed E-state index contributed by atoms with van der Waals surface area (Å²) in [5.74, 6) is -1.00. The molecule has 0 rings (SSSR count). The molecule has 414 valence electrons. The number of rotatable bonds is 53. The van der Waals surface area contributed by atoms with Crippen molar-refractivity contribution in [2.45, 2.75) is 271 Å².